The van der Waals surface area contributed by atoms with Gasteiger partial charge in [0, 0.05) is 43.9 Å². The van der Waals surface area contributed by atoms with Crippen molar-refractivity contribution in [3.63, 3.8) is 0 Å². The highest BCUT2D eigenvalue weighted by Crippen LogP contribution is 2.26. The van der Waals surface area contributed by atoms with E-state index in [1.165, 1.54) is 19.3 Å². The predicted molar refractivity (Wildman–Crippen MR) is 99.0 cm³/mol. The summed E-state index contributed by atoms with van der Waals surface area (Å²) in [5.41, 5.74) is 0. The Morgan fingerprint density at radius 1 is 1.30 bits per heavy atom. The van der Waals surface area contributed by atoms with Gasteiger partial charge in [0.25, 0.3) is 0 Å². The van der Waals surface area contributed by atoms with Crippen LogP contribution in [0.1, 0.15) is 45.4 Å². The molecule has 0 bridgehead atoms. The van der Waals surface area contributed by atoms with Crippen molar-refractivity contribution in [1.82, 2.24) is 15.5 Å². The molecule has 1 heterocycles. The average molecular weight is 341 g/mol. The highest BCUT2D eigenvalue weighted by Gasteiger charge is 2.31. The van der Waals surface area contributed by atoms with Gasteiger partial charge in [0.2, 0.25) is 5.91 Å². The van der Waals surface area contributed by atoms with Crippen molar-refractivity contribution < 1.29 is 4.79 Å². The summed E-state index contributed by atoms with van der Waals surface area (Å²) in [6, 6.07) is 0.318. The van der Waals surface area contributed by atoms with E-state index in [1.807, 2.05) is 11.8 Å². The first-order valence-corrected chi connectivity index (χ1v) is 10.2. The lowest BCUT2D eigenvalue weighted by atomic mass is 9.88. The van der Waals surface area contributed by atoms with Gasteiger partial charge < -0.3 is 15.5 Å². The number of guanidine groups is 1. The summed E-state index contributed by atoms with van der Waals surface area (Å²) in [7, 11) is 1.80. The van der Waals surface area contributed by atoms with Crippen LogP contribution in [-0.4, -0.2) is 61.0 Å². The first-order chi connectivity index (χ1) is 11.1. The van der Waals surface area contributed by atoms with Crippen LogP contribution in [0.4, 0.5) is 0 Å². The fraction of sp³-hybridized carbons (Fsp3) is 0.882. The molecule has 132 valence electrons. The number of aliphatic imine (C=N–C) groups is 1. The molecule has 23 heavy (non-hydrogen) atoms. The summed E-state index contributed by atoms with van der Waals surface area (Å²) in [6.07, 6.45) is 9.04. The van der Waals surface area contributed by atoms with E-state index in [1.54, 1.807) is 7.05 Å². The molecule has 1 amide bonds. The second kappa shape index (κ2) is 9.40. The van der Waals surface area contributed by atoms with Crippen LogP contribution >= 0.6 is 11.8 Å². The summed E-state index contributed by atoms with van der Waals surface area (Å²) in [4.78, 5) is 19.0. The minimum atomic E-state index is 0.280. The fourth-order valence-corrected chi connectivity index (χ4v) is 3.65. The second-order valence-electron chi connectivity index (χ2n) is 6.75. The largest absolute Gasteiger partial charge is 0.355 e. The minimum absolute atomic E-state index is 0.280. The van der Waals surface area contributed by atoms with E-state index in [0.717, 1.165) is 44.9 Å². The lowest BCUT2D eigenvalue weighted by Crippen LogP contribution is -2.46. The summed E-state index contributed by atoms with van der Waals surface area (Å²) in [5.74, 6) is 1.51. The number of amides is 1. The zero-order valence-electron chi connectivity index (χ0n) is 14.8. The number of carbonyl (C=O) groups is 1. The Morgan fingerprint density at radius 2 is 2.04 bits per heavy atom. The van der Waals surface area contributed by atoms with Gasteiger partial charge >= 0.3 is 0 Å². The quantitative estimate of drug-likeness (QED) is 0.594. The van der Waals surface area contributed by atoms with Crippen molar-refractivity contribution in [2.45, 2.75) is 56.7 Å². The highest BCUT2D eigenvalue weighted by molar-refractivity contribution is 7.99. The van der Waals surface area contributed by atoms with Crippen molar-refractivity contribution in [3.8, 4) is 0 Å². The highest BCUT2D eigenvalue weighted by atomic mass is 32.2. The molecule has 2 atom stereocenters. The second-order valence-corrected chi connectivity index (χ2v) is 8.02. The van der Waals surface area contributed by atoms with E-state index in [9.17, 15) is 4.79 Å². The topological polar surface area (TPSA) is 56.7 Å². The monoisotopic (exact) mass is 340 g/mol. The SMILES string of the molecule is CN=C(NCC(C)SC)NC1CCN(C(=O)C2CCCCC2)C1. The first kappa shape index (κ1) is 18.4. The molecule has 0 aromatic carbocycles. The third kappa shape index (κ3) is 5.59. The van der Waals surface area contributed by atoms with Gasteiger partial charge in [-0.05, 0) is 25.5 Å². The minimum Gasteiger partial charge on any atom is -0.355 e. The zero-order valence-corrected chi connectivity index (χ0v) is 15.6. The van der Waals surface area contributed by atoms with Crippen molar-refractivity contribution in [1.29, 1.82) is 0 Å². The zero-order chi connectivity index (χ0) is 16.7. The van der Waals surface area contributed by atoms with E-state index in [-0.39, 0.29) is 5.92 Å². The first-order valence-electron chi connectivity index (χ1n) is 8.92. The molecule has 2 unspecified atom stereocenters. The molecule has 1 aliphatic heterocycles. The van der Waals surface area contributed by atoms with Gasteiger partial charge in [0.15, 0.2) is 5.96 Å². The molecule has 2 aliphatic rings. The van der Waals surface area contributed by atoms with Crippen molar-refractivity contribution in [2.24, 2.45) is 10.9 Å². The van der Waals surface area contributed by atoms with Crippen molar-refractivity contribution in [2.75, 3.05) is 32.9 Å². The number of carbonyl (C=O) groups excluding carboxylic acids is 1. The maximum atomic E-state index is 12.6. The van der Waals surface area contributed by atoms with Gasteiger partial charge in [-0.2, -0.15) is 11.8 Å². The standard InChI is InChI=1S/C17H32N4OS/c1-13(23-3)11-19-17(18-2)20-15-9-10-21(12-15)16(22)14-7-5-4-6-8-14/h13-15H,4-12H2,1-3H3,(H2,18,19,20). The maximum Gasteiger partial charge on any atom is 0.225 e. The fourth-order valence-electron chi connectivity index (χ4n) is 3.40. The molecule has 0 spiro atoms. The Kier molecular flexibility index (Phi) is 7.53. The van der Waals surface area contributed by atoms with E-state index < -0.39 is 0 Å². The smallest absolute Gasteiger partial charge is 0.225 e. The number of likely N-dealkylation sites (tertiary alicyclic amines) is 1. The Hall–Kier alpha value is -0.910. The Bertz CT molecular complexity index is 409. The van der Waals surface area contributed by atoms with Crippen LogP contribution in [0.2, 0.25) is 0 Å². The van der Waals surface area contributed by atoms with E-state index in [4.69, 9.17) is 0 Å². The molecule has 0 aromatic rings. The molecule has 0 aromatic heterocycles. The third-order valence-corrected chi connectivity index (χ3v) is 5.95. The molecule has 0 radical (unpaired) electrons. The summed E-state index contributed by atoms with van der Waals surface area (Å²) in [5, 5.41) is 7.39. The van der Waals surface area contributed by atoms with Gasteiger partial charge in [-0.15, -0.1) is 0 Å². The van der Waals surface area contributed by atoms with Crippen LogP contribution in [-0.2, 0) is 4.79 Å². The molecule has 1 aliphatic carbocycles. The Morgan fingerprint density at radius 3 is 2.70 bits per heavy atom. The number of hydrogen-bond acceptors (Lipinski definition) is 3. The van der Waals surface area contributed by atoms with Gasteiger partial charge in [0.1, 0.15) is 0 Å². The van der Waals surface area contributed by atoms with Crippen molar-refractivity contribution >= 4 is 23.6 Å². The molecule has 5 nitrogen and oxygen atoms in total. The Balaban J connectivity index is 1.76. The maximum absolute atomic E-state index is 12.6. The molecule has 2 fully saturated rings. The Labute approximate surface area is 145 Å². The lowest BCUT2D eigenvalue weighted by Gasteiger charge is -2.26. The number of nitrogens with one attached hydrogen (secondary N) is 2. The summed E-state index contributed by atoms with van der Waals surface area (Å²) < 4.78 is 0. The molecule has 2 rings (SSSR count). The van der Waals surface area contributed by atoms with Crippen LogP contribution in [0.3, 0.4) is 0 Å². The van der Waals surface area contributed by atoms with Crippen LogP contribution in [0.25, 0.3) is 0 Å². The van der Waals surface area contributed by atoms with Crippen molar-refractivity contribution in [3.05, 3.63) is 0 Å². The van der Waals surface area contributed by atoms with Gasteiger partial charge in [-0.3, -0.25) is 9.79 Å². The number of hydrogen-bond donors (Lipinski definition) is 2. The molecular formula is C17H32N4OS. The van der Waals surface area contributed by atoms with E-state index >= 15 is 0 Å². The number of thioether (sulfide) groups is 1. The lowest BCUT2D eigenvalue weighted by molar-refractivity contribution is -0.135. The molecule has 6 heteroatoms. The summed E-state index contributed by atoms with van der Waals surface area (Å²) >= 11 is 1.84. The predicted octanol–water partition coefficient (Wildman–Crippen LogP) is 2.08. The van der Waals surface area contributed by atoms with E-state index in [0.29, 0.717) is 17.2 Å². The third-order valence-electron chi connectivity index (χ3n) is 4.98. The van der Waals surface area contributed by atoms with Gasteiger partial charge in [0.05, 0.1) is 0 Å². The molecule has 2 N–H and O–H groups in total. The number of nitrogens with zero attached hydrogens (tertiary/aromatic N) is 2. The average Bonchev–Trinajstić information content (AvgIpc) is 3.06. The summed E-state index contributed by atoms with van der Waals surface area (Å²) in [6.45, 7) is 4.79. The molecule has 1 saturated carbocycles. The molecular weight excluding hydrogens is 308 g/mol. The van der Waals surface area contributed by atoms with Crippen LogP contribution in [0, 0.1) is 5.92 Å². The van der Waals surface area contributed by atoms with Crippen LogP contribution in [0.5, 0.6) is 0 Å². The molecule has 1 saturated heterocycles. The van der Waals surface area contributed by atoms with Crippen LogP contribution < -0.4 is 10.6 Å². The van der Waals surface area contributed by atoms with Gasteiger partial charge in [-0.25, -0.2) is 0 Å². The normalized spacial score (nSPS) is 24.6. The van der Waals surface area contributed by atoms with Crippen LogP contribution in [0.15, 0.2) is 4.99 Å². The van der Waals surface area contributed by atoms with Gasteiger partial charge in [-0.1, -0.05) is 26.2 Å². The van der Waals surface area contributed by atoms with E-state index in [2.05, 4.69) is 33.7 Å². The number of rotatable bonds is 5.